The van der Waals surface area contributed by atoms with Gasteiger partial charge in [0.05, 0.1) is 4.34 Å². The van der Waals surface area contributed by atoms with E-state index in [2.05, 4.69) is 15.5 Å². The van der Waals surface area contributed by atoms with Gasteiger partial charge in [-0.1, -0.05) is 41.9 Å². The van der Waals surface area contributed by atoms with Gasteiger partial charge in [-0.2, -0.15) is 8.99 Å². The zero-order chi connectivity index (χ0) is 22.0. The van der Waals surface area contributed by atoms with Gasteiger partial charge in [0.1, 0.15) is 9.91 Å². The normalized spacial score (nSPS) is 15.9. The Morgan fingerprint density at radius 1 is 1.10 bits per heavy atom. The average molecular weight is 479 g/mol. The predicted molar refractivity (Wildman–Crippen MR) is 118 cm³/mol. The number of hydrogen-bond acceptors (Lipinski definition) is 7. The van der Waals surface area contributed by atoms with E-state index in [1.165, 1.54) is 15.1 Å². The summed E-state index contributed by atoms with van der Waals surface area (Å²) in [5.41, 5.74) is 1.13. The fourth-order valence-electron chi connectivity index (χ4n) is 3.23. The SMILES string of the molecule is Cc1nnnn1C(=Cc1ccccc1)C(=O)N1CCN(S(=O)(=O)c2ccc(Cl)s2)CC1. The summed E-state index contributed by atoms with van der Waals surface area (Å²) in [4.78, 5) is 15.0. The fraction of sp³-hybridized carbons (Fsp3) is 0.263. The van der Waals surface area contributed by atoms with E-state index in [9.17, 15) is 13.2 Å². The molecule has 162 valence electrons. The van der Waals surface area contributed by atoms with Gasteiger partial charge < -0.3 is 4.90 Å². The molecule has 0 radical (unpaired) electrons. The molecule has 0 saturated carbocycles. The molecule has 1 aromatic carbocycles. The molecular formula is C19H19ClN6O3S2. The lowest BCUT2D eigenvalue weighted by Gasteiger charge is -2.34. The molecule has 3 aromatic rings. The summed E-state index contributed by atoms with van der Waals surface area (Å²) in [7, 11) is -3.63. The zero-order valence-electron chi connectivity index (χ0n) is 16.5. The van der Waals surface area contributed by atoms with Crippen LogP contribution in [0.15, 0.2) is 46.7 Å². The highest BCUT2D eigenvalue weighted by Crippen LogP contribution is 2.29. The van der Waals surface area contributed by atoms with Gasteiger partial charge in [0, 0.05) is 26.2 Å². The second-order valence-corrected chi connectivity index (χ2v) is 10.7. The number of amides is 1. The molecule has 31 heavy (non-hydrogen) atoms. The number of rotatable bonds is 5. The van der Waals surface area contributed by atoms with Crippen molar-refractivity contribution < 1.29 is 13.2 Å². The Kier molecular flexibility index (Phi) is 6.19. The Morgan fingerprint density at radius 3 is 2.39 bits per heavy atom. The van der Waals surface area contributed by atoms with Crippen molar-refractivity contribution in [3.63, 3.8) is 0 Å². The number of tetrazole rings is 1. The van der Waals surface area contributed by atoms with Crippen molar-refractivity contribution >= 4 is 50.6 Å². The van der Waals surface area contributed by atoms with Crippen molar-refractivity contribution in [3.05, 3.63) is 58.2 Å². The molecule has 0 unspecified atom stereocenters. The first-order chi connectivity index (χ1) is 14.9. The quantitative estimate of drug-likeness (QED) is 0.521. The topological polar surface area (TPSA) is 101 Å². The van der Waals surface area contributed by atoms with Crippen molar-refractivity contribution in [2.45, 2.75) is 11.1 Å². The molecule has 1 aliphatic heterocycles. The third-order valence-electron chi connectivity index (χ3n) is 4.84. The van der Waals surface area contributed by atoms with Gasteiger partial charge >= 0.3 is 0 Å². The highest BCUT2D eigenvalue weighted by atomic mass is 35.5. The maximum atomic E-state index is 13.3. The van der Waals surface area contributed by atoms with Gasteiger partial charge in [-0.15, -0.1) is 16.4 Å². The fourth-order valence-corrected chi connectivity index (χ4v) is 6.29. The van der Waals surface area contributed by atoms with E-state index in [4.69, 9.17) is 11.6 Å². The van der Waals surface area contributed by atoms with Crippen LogP contribution in [-0.4, -0.2) is 69.9 Å². The van der Waals surface area contributed by atoms with Crippen LogP contribution in [0.1, 0.15) is 11.4 Å². The van der Waals surface area contributed by atoms with Crippen molar-refractivity contribution in [2.24, 2.45) is 0 Å². The third-order valence-corrected chi connectivity index (χ3v) is 8.44. The summed E-state index contributed by atoms with van der Waals surface area (Å²) in [5.74, 6) is 0.210. The number of thiophene rings is 1. The molecule has 0 N–H and O–H groups in total. The highest BCUT2D eigenvalue weighted by molar-refractivity contribution is 7.91. The molecular weight excluding hydrogens is 460 g/mol. The second-order valence-electron chi connectivity index (χ2n) is 6.83. The summed E-state index contributed by atoms with van der Waals surface area (Å²) in [6.07, 6.45) is 1.72. The van der Waals surface area contributed by atoms with Crippen LogP contribution in [-0.2, 0) is 14.8 Å². The molecule has 2 aromatic heterocycles. The van der Waals surface area contributed by atoms with Crippen LogP contribution < -0.4 is 0 Å². The summed E-state index contributed by atoms with van der Waals surface area (Å²) in [6.45, 7) is 2.60. The van der Waals surface area contributed by atoms with E-state index in [0.717, 1.165) is 16.9 Å². The molecule has 1 saturated heterocycles. The van der Waals surface area contributed by atoms with Crippen molar-refractivity contribution in [1.29, 1.82) is 0 Å². The maximum Gasteiger partial charge on any atom is 0.272 e. The van der Waals surface area contributed by atoms with Crippen LogP contribution >= 0.6 is 22.9 Å². The van der Waals surface area contributed by atoms with Crippen LogP contribution in [0.5, 0.6) is 0 Å². The van der Waals surface area contributed by atoms with Crippen LogP contribution in [0.4, 0.5) is 0 Å². The number of aromatic nitrogens is 4. The lowest BCUT2D eigenvalue weighted by Crippen LogP contribution is -2.50. The molecule has 0 atom stereocenters. The maximum absolute atomic E-state index is 13.3. The van der Waals surface area contributed by atoms with E-state index < -0.39 is 10.0 Å². The minimum absolute atomic E-state index is 0.191. The number of sulfonamides is 1. The Morgan fingerprint density at radius 2 is 1.81 bits per heavy atom. The standard InChI is InChI=1S/C19H19ClN6O3S2/c1-14-21-22-23-26(14)16(13-15-5-3-2-4-6-15)19(27)24-9-11-25(12-10-24)31(28,29)18-8-7-17(20)30-18/h2-8,13H,9-12H2,1H3. The number of carbonyl (C=O) groups is 1. The molecule has 0 bridgehead atoms. The molecule has 0 spiro atoms. The molecule has 3 heterocycles. The van der Waals surface area contributed by atoms with Gasteiger partial charge in [0.15, 0.2) is 5.82 Å². The molecule has 4 rings (SSSR count). The summed E-state index contributed by atoms with van der Waals surface area (Å²) in [5, 5.41) is 11.5. The van der Waals surface area contributed by atoms with Gasteiger partial charge in [0.2, 0.25) is 0 Å². The molecule has 9 nitrogen and oxygen atoms in total. The largest absolute Gasteiger partial charge is 0.335 e. The van der Waals surface area contributed by atoms with E-state index in [1.807, 2.05) is 30.3 Å². The van der Waals surface area contributed by atoms with E-state index in [0.29, 0.717) is 15.9 Å². The zero-order valence-corrected chi connectivity index (χ0v) is 18.9. The number of aryl methyl sites for hydroxylation is 1. The van der Waals surface area contributed by atoms with E-state index in [-0.39, 0.29) is 36.3 Å². The number of benzene rings is 1. The Labute approximate surface area is 188 Å². The average Bonchev–Trinajstić information content (AvgIpc) is 3.41. The minimum atomic E-state index is -3.63. The second kappa shape index (κ2) is 8.87. The predicted octanol–water partition coefficient (Wildman–Crippen LogP) is 2.23. The van der Waals surface area contributed by atoms with E-state index in [1.54, 1.807) is 24.0 Å². The summed E-state index contributed by atoms with van der Waals surface area (Å²) in [6, 6.07) is 12.5. The Bertz CT molecular complexity index is 1210. The number of nitrogens with zero attached hydrogens (tertiary/aromatic N) is 6. The molecule has 12 heteroatoms. The lowest BCUT2D eigenvalue weighted by atomic mass is 10.1. The number of piperazine rings is 1. The number of carbonyl (C=O) groups excluding carboxylic acids is 1. The van der Waals surface area contributed by atoms with Crippen molar-refractivity contribution in [1.82, 2.24) is 29.4 Å². The number of hydrogen-bond donors (Lipinski definition) is 0. The van der Waals surface area contributed by atoms with Crippen molar-refractivity contribution in [3.8, 4) is 0 Å². The smallest absolute Gasteiger partial charge is 0.272 e. The third kappa shape index (κ3) is 4.54. The van der Waals surface area contributed by atoms with Crippen LogP contribution in [0, 0.1) is 6.92 Å². The lowest BCUT2D eigenvalue weighted by molar-refractivity contribution is -0.126. The monoisotopic (exact) mass is 478 g/mol. The van der Waals surface area contributed by atoms with Crippen LogP contribution in [0.25, 0.3) is 11.8 Å². The van der Waals surface area contributed by atoms with Gasteiger partial charge in [0.25, 0.3) is 15.9 Å². The minimum Gasteiger partial charge on any atom is -0.335 e. The molecule has 0 aliphatic carbocycles. The first-order valence-electron chi connectivity index (χ1n) is 9.43. The number of halogens is 1. The van der Waals surface area contributed by atoms with Crippen molar-refractivity contribution in [2.75, 3.05) is 26.2 Å². The molecule has 1 aliphatic rings. The first kappa shape index (κ1) is 21.6. The highest BCUT2D eigenvalue weighted by Gasteiger charge is 2.32. The Balaban J connectivity index is 1.54. The van der Waals surface area contributed by atoms with Gasteiger partial charge in [-0.3, -0.25) is 4.79 Å². The summed E-state index contributed by atoms with van der Waals surface area (Å²) < 4.78 is 29.0. The van der Waals surface area contributed by atoms with Gasteiger partial charge in [-0.25, -0.2) is 8.42 Å². The Hall–Kier alpha value is -2.60. The van der Waals surface area contributed by atoms with Crippen LogP contribution in [0.2, 0.25) is 4.34 Å². The van der Waals surface area contributed by atoms with Crippen LogP contribution in [0.3, 0.4) is 0 Å². The van der Waals surface area contributed by atoms with Gasteiger partial charge in [-0.05, 0) is 41.1 Å². The molecule has 1 amide bonds. The van der Waals surface area contributed by atoms with E-state index >= 15 is 0 Å². The summed E-state index contributed by atoms with van der Waals surface area (Å²) >= 11 is 6.91. The first-order valence-corrected chi connectivity index (χ1v) is 12.1. The molecule has 1 fully saturated rings.